The van der Waals surface area contributed by atoms with Crippen LogP contribution in [0.25, 0.3) is 0 Å². The van der Waals surface area contributed by atoms with Gasteiger partial charge >= 0.3 is 0 Å². The number of aryl methyl sites for hydroxylation is 1. The Bertz CT molecular complexity index is 775. The molecular formula is C20H23FN2O3. The molecule has 0 atom stereocenters. The van der Waals surface area contributed by atoms with E-state index in [9.17, 15) is 14.0 Å². The molecule has 26 heavy (non-hydrogen) atoms. The summed E-state index contributed by atoms with van der Waals surface area (Å²) in [7, 11) is 1.55. The number of hydrogen-bond donors (Lipinski definition) is 1. The summed E-state index contributed by atoms with van der Waals surface area (Å²) >= 11 is 0. The van der Waals surface area contributed by atoms with Crippen molar-refractivity contribution in [3.63, 3.8) is 0 Å². The number of benzene rings is 2. The second-order valence-electron chi connectivity index (χ2n) is 6.00. The number of amides is 2. The summed E-state index contributed by atoms with van der Waals surface area (Å²) in [5.74, 6) is -0.0557. The fourth-order valence-corrected chi connectivity index (χ4v) is 2.62. The summed E-state index contributed by atoms with van der Waals surface area (Å²) in [5, 5.41) is 2.79. The van der Waals surface area contributed by atoms with Crippen molar-refractivity contribution < 1.29 is 18.7 Å². The smallest absolute Gasteiger partial charge is 0.224 e. The van der Waals surface area contributed by atoms with Crippen molar-refractivity contribution in [1.29, 1.82) is 0 Å². The van der Waals surface area contributed by atoms with Crippen LogP contribution in [0, 0.1) is 12.7 Å². The van der Waals surface area contributed by atoms with Crippen LogP contribution >= 0.6 is 0 Å². The Kier molecular flexibility index (Phi) is 6.72. The largest absolute Gasteiger partial charge is 0.495 e. The van der Waals surface area contributed by atoms with E-state index in [2.05, 4.69) is 5.32 Å². The van der Waals surface area contributed by atoms with Crippen LogP contribution in [0.5, 0.6) is 5.75 Å². The fourth-order valence-electron chi connectivity index (χ4n) is 2.62. The Hall–Kier alpha value is -2.89. The number of hydrogen-bond acceptors (Lipinski definition) is 3. The molecule has 5 nitrogen and oxygen atoms in total. The molecular weight excluding hydrogens is 335 g/mol. The van der Waals surface area contributed by atoms with Crippen LogP contribution in [0.3, 0.4) is 0 Å². The average Bonchev–Trinajstić information content (AvgIpc) is 2.60. The van der Waals surface area contributed by atoms with Crippen molar-refractivity contribution in [2.75, 3.05) is 25.1 Å². The first-order chi connectivity index (χ1) is 12.4. The van der Waals surface area contributed by atoms with Gasteiger partial charge in [0.05, 0.1) is 19.2 Å². The summed E-state index contributed by atoms with van der Waals surface area (Å²) in [4.78, 5) is 25.6. The third kappa shape index (κ3) is 5.31. The van der Waals surface area contributed by atoms with Crippen molar-refractivity contribution in [3.05, 3.63) is 59.4 Å². The first-order valence-corrected chi connectivity index (χ1v) is 8.34. The van der Waals surface area contributed by atoms with Gasteiger partial charge in [0.1, 0.15) is 11.6 Å². The predicted molar refractivity (Wildman–Crippen MR) is 98.9 cm³/mol. The average molecular weight is 358 g/mol. The van der Waals surface area contributed by atoms with Crippen molar-refractivity contribution in [2.45, 2.75) is 20.3 Å². The lowest BCUT2D eigenvalue weighted by molar-refractivity contribution is -0.121. The van der Waals surface area contributed by atoms with Crippen LogP contribution in [0.2, 0.25) is 0 Å². The highest BCUT2D eigenvalue weighted by molar-refractivity contribution is 5.93. The van der Waals surface area contributed by atoms with Crippen LogP contribution < -0.4 is 15.0 Å². The molecule has 1 N–H and O–H groups in total. The fraction of sp³-hybridized carbons (Fsp3) is 0.300. The molecule has 0 aliphatic heterocycles. The zero-order valence-corrected chi connectivity index (χ0v) is 15.2. The molecule has 0 heterocycles. The van der Waals surface area contributed by atoms with E-state index in [4.69, 9.17) is 4.74 Å². The molecule has 0 saturated heterocycles. The Morgan fingerprint density at radius 2 is 1.85 bits per heavy atom. The molecule has 0 aliphatic rings. The number of rotatable bonds is 7. The second kappa shape index (κ2) is 8.99. The van der Waals surface area contributed by atoms with E-state index in [0.717, 1.165) is 11.1 Å². The molecule has 0 aliphatic carbocycles. The van der Waals surface area contributed by atoms with Crippen molar-refractivity contribution >= 4 is 17.5 Å². The summed E-state index contributed by atoms with van der Waals surface area (Å²) in [6.07, 6.45) is 0.161. The maximum absolute atomic E-state index is 12.9. The lowest BCUT2D eigenvalue weighted by Crippen LogP contribution is -2.38. The Balaban J connectivity index is 1.97. The van der Waals surface area contributed by atoms with E-state index in [-0.39, 0.29) is 24.1 Å². The molecule has 0 spiro atoms. The van der Waals surface area contributed by atoms with Crippen LogP contribution in [-0.2, 0) is 16.0 Å². The maximum atomic E-state index is 12.9. The molecule has 6 heteroatoms. The Labute approximate surface area is 152 Å². The molecule has 0 radical (unpaired) electrons. The predicted octanol–water partition coefficient (Wildman–Crippen LogP) is 2.85. The zero-order chi connectivity index (χ0) is 19.1. The Morgan fingerprint density at radius 3 is 2.46 bits per heavy atom. The Morgan fingerprint density at radius 1 is 1.15 bits per heavy atom. The standard InChI is InChI=1S/C20H23FN2O3/c1-14-4-9-19(26-3)18(12-14)23(15(2)24)11-10-22-20(25)13-16-5-7-17(21)8-6-16/h4-9,12H,10-11,13H2,1-3H3,(H,22,25). The highest BCUT2D eigenvalue weighted by Crippen LogP contribution is 2.29. The van der Waals surface area contributed by atoms with Gasteiger partial charge in [-0.15, -0.1) is 0 Å². The summed E-state index contributed by atoms with van der Waals surface area (Å²) in [6.45, 7) is 4.04. The maximum Gasteiger partial charge on any atom is 0.224 e. The number of methoxy groups -OCH3 is 1. The van der Waals surface area contributed by atoms with Gasteiger partial charge in [-0.2, -0.15) is 0 Å². The zero-order valence-electron chi connectivity index (χ0n) is 15.2. The molecule has 2 aromatic rings. The minimum Gasteiger partial charge on any atom is -0.495 e. The van der Waals surface area contributed by atoms with E-state index in [0.29, 0.717) is 24.5 Å². The molecule has 0 aromatic heterocycles. The summed E-state index contributed by atoms with van der Waals surface area (Å²) in [6, 6.07) is 11.4. The molecule has 138 valence electrons. The van der Waals surface area contributed by atoms with Crippen molar-refractivity contribution in [2.24, 2.45) is 0 Å². The highest BCUT2D eigenvalue weighted by atomic mass is 19.1. The van der Waals surface area contributed by atoms with Gasteiger partial charge in [-0.05, 0) is 42.3 Å². The highest BCUT2D eigenvalue weighted by Gasteiger charge is 2.16. The quantitative estimate of drug-likeness (QED) is 0.828. The number of nitrogens with one attached hydrogen (secondary N) is 1. The van der Waals surface area contributed by atoms with E-state index in [1.54, 1.807) is 24.1 Å². The number of halogens is 1. The molecule has 0 fully saturated rings. The van der Waals surface area contributed by atoms with Crippen molar-refractivity contribution in [1.82, 2.24) is 5.32 Å². The molecule has 0 saturated carbocycles. The summed E-state index contributed by atoms with van der Waals surface area (Å²) < 4.78 is 18.2. The number of ether oxygens (including phenoxy) is 1. The van der Waals surface area contributed by atoms with Crippen LogP contribution in [-0.4, -0.2) is 32.0 Å². The van der Waals surface area contributed by atoms with Gasteiger partial charge in [-0.25, -0.2) is 4.39 Å². The van der Waals surface area contributed by atoms with E-state index >= 15 is 0 Å². The third-order valence-electron chi connectivity index (χ3n) is 3.94. The van der Waals surface area contributed by atoms with Crippen LogP contribution in [0.1, 0.15) is 18.1 Å². The number of carbonyl (C=O) groups excluding carboxylic acids is 2. The molecule has 0 unspecified atom stereocenters. The van der Waals surface area contributed by atoms with Gasteiger partial charge < -0.3 is 15.0 Å². The van der Waals surface area contributed by atoms with E-state index in [1.807, 2.05) is 25.1 Å². The number of carbonyl (C=O) groups is 2. The topological polar surface area (TPSA) is 58.6 Å². The minimum absolute atomic E-state index is 0.137. The van der Waals surface area contributed by atoms with Gasteiger partial charge in [-0.3, -0.25) is 9.59 Å². The lowest BCUT2D eigenvalue weighted by Gasteiger charge is -2.24. The lowest BCUT2D eigenvalue weighted by atomic mass is 10.1. The monoisotopic (exact) mass is 358 g/mol. The van der Waals surface area contributed by atoms with Crippen molar-refractivity contribution in [3.8, 4) is 5.75 Å². The van der Waals surface area contributed by atoms with E-state index in [1.165, 1.54) is 19.1 Å². The second-order valence-corrected chi connectivity index (χ2v) is 6.00. The molecule has 0 bridgehead atoms. The molecule has 2 rings (SSSR count). The first-order valence-electron chi connectivity index (χ1n) is 8.34. The van der Waals surface area contributed by atoms with Gasteiger partial charge in [0.25, 0.3) is 0 Å². The van der Waals surface area contributed by atoms with Gasteiger partial charge in [0, 0.05) is 20.0 Å². The molecule has 2 aromatic carbocycles. The normalized spacial score (nSPS) is 10.3. The van der Waals surface area contributed by atoms with Gasteiger partial charge in [0.15, 0.2) is 0 Å². The minimum atomic E-state index is -0.335. The number of nitrogens with zero attached hydrogens (tertiary/aromatic N) is 1. The van der Waals surface area contributed by atoms with Crippen LogP contribution in [0.15, 0.2) is 42.5 Å². The van der Waals surface area contributed by atoms with E-state index < -0.39 is 0 Å². The van der Waals surface area contributed by atoms with Gasteiger partial charge in [0.2, 0.25) is 11.8 Å². The molecule has 2 amide bonds. The SMILES string of the molecule is COc1ccc(C)cc1N(CCNC(=O)Cc1ccc(F)cc1)C(C)=O. The van der Waals surface area contributed by atoms with Gasteiger partial charge in [-0.1, -0.05) is 18.2 Å². The third-order valence-corrected chi connectivity index (χ3v) is 3.94. The summed E-state index contributed by atoms with van der Waals surface area (Å²) in [5.41, 5.74) is 2.41. The van der Waals surface area contributed by atoms with Crippen LogP contribution in [0.4, 0.5) is 10.1 Å². The number of anilines is 1. The first kappa shape index (κ1) is 19.4.